The number of aryl methyl sites for hydroxylation is 1. The van der Waals surface area contributed by atoms with E-state index >= 15 is 0 Å². The zero-order valence-corrected chi connectivity index (χ0v) is 13.8. The summed E-state index contributed by atoms with van der Waals surface area (Å²) >= 11 is 6.31. The predicted molar refractivity (Wildman–Crippen MR) is 81.6 cm³/mol. The average Bonchev–Trinajstić information content (AvgIpc) is 2.76. The van der Waals surface area contributed by atoms with Crippen LogP contribution in [0.5, 0.6) is 0 Å². The minimum Gasteiger partial charge on any atom is -0.291 e. The molecule has 1 aromatic heterocycles. The first-order valence-electron chi connectivity index (χ1n) is 6.27. The fourth-order valence-electron chi connectivity index (χ4n) is 2.05. The zero-order valence-electron chi connectivity index (χ0n) is 12.3. The molecule has 0 aliphatic heterocycles. The average molecular weight is 329 g/mol. The second kappa shape index (κ2) is 5.08. The Morgan fingerprint density at radius 1 is 1.24 bits per heavy atom. The summed E-state index contributed by atoms with van der Waals surface area (Å²) in [4.78, 5) is 0. The first-order valence-corrected chi connectivity index (χ1v) is 8.20. The van der Waals surface area contributed by atoms with Gasteiger partial charge in [0.05, 0.1) is 5.02 Å². The molecule has 8 heteroatoms. The van der Waals surface area contributed by atoms with Gasteiger partial charge in [0.25, 0.3) is 15.2 Å². The smallest absolute Gasteiger partial charge is 0.273 e. The lowest BCUT2D eigenvalue weighted by atomic mass is 10.1. The van der Waals surface area contributed by atoms with Crippen LogP contribution in [0.15, 0.2) is 23.4 Å². The molecule has 0 atom stereocenters. The van der Waals surface area contributed by atoms with Crippen molar-refractivity contribution >= 4 is 21.6 Å². The molecule has 6 nitrogen and oxygen atoms in total. The lowest BCUT2D eigenvalue weighted by molar-refractivity contribution is 0.366. The van der Waals surface area contributed by atoms with Crippen LogP contribution < -0.4 is 5.14 Å². The highest BCUT2D eigenvalue weighted by atomic mass is 35.5. The van der Waals surface area contributed by atoms with Gasteiger partial charge in [-0.2, -0.15) is 0 Å². The predicted octanol–water partition coefficient (Wildman–Crippen LogP) is 2.31. The molecule has 1 aromatic carbocycles. The normalized spacial score (nSPS) is 12.7. The molecule has 0 bridgehead atoms. The number of sulfonamides is 1. The molecule has 2 N–H and O–H groups in total. The highest BCUT2D eigenvalue weighted by molar-refractivity contribution is 7.89. The highest BCUT2D eigenvalue weighted by Crippen LogP contribution is 2.33. The first-order chi connectivity index (χ1) is 9.53. The van der Waals surface area contributed by atoms with Crippen LogP contribution in [-0.2, 0) is 15.6 Å². The maximum atomic E-state index is 11.7. The maximum absolute atomic E-state index is 11.7. The van der Waals surface area contributed by atoms with E-state index in [0.29, 0.717) is 16.4 Å². The van der Waals surface area contributed by atoms with E-state index in [-0.39, 0.29) is 5.16 Å². The standard InChI is InChI=1S/C13H17ClN4O2S/c1-8-6-5-7-9(10(8)14)11-16-17-12(21(15,19)20)18(11)13(2,3)4/h5-7H,1-4H3,(H2,15,19,20). The van der Waals surface area contributed by atoms with E-state index in [1.54, 1.807) is 6.07 Å². The van der Waals surface area contributed by atoms with Crippen LogP contribution in [0.3, 0.4) is 0 Å². The Balaban J connectivity index is 2.83. The SMILES string of the molecule is Cc1cccc(-c2nnc(S(N)(=O)=O)n2C(C)(C)C)c1Cl. The first kappa shape index (κ1) is 15.9. The Kier molecular flexibility index (Phi) is 3.86. The molecule has 0 spiro atoms. The number of benzene rings is 1. The summed E-state index contributed by atoms with van der Waals surface area (Å²) in [6.45, 7) is 7.40. The monoisotopic (exact) mass is 328 g/mol. The second-order valence-electron chi connectivity index (χ2n) is 5.79. The molecule has 0 radical (unpaired) electrons. The molecule has 114 valence electrons. The van der Waals surface area contributed by atoms with E-state index in [2.05, 4.69) is 10.2 Å². The Labute approximate surface area is 129 Å². The Bertz CT molecular complexity index is 791. The van der Waals surface area contributed by atoms with Crippen molar-refractivity contribution in [3.63, 3.8) is 0 Å². The van der Waals surface area contributed by atoms with Gasteiger partial charge in [-0.25, -0.2) is 13.6 Å². The summed E-state index contributed by atoms with van der Waals surface area (Å²) < 4.78 is 24.9. The molecule has 0 amide bonds. The number of hydrogen-bond donors (Lipinski definition) is 1. The highest BCUT2D eigenvalue weighted by Gasteiger charge is 2.30. The number of hydrogen-bond acceptors (Lipinski definition) is 4. The lowest BCUT2D eigenvalue weighted by Gasteiger charge is -2.24. The van der Waals surface area contributed by atoms with E-state index in [9.17, 15) is 8.42 Å². The van der Waals surface area contributed by atoms with Crippen LogP contribution in [0.1, 0.15) is 26.3 Å². The number of aromatic nitrogens is 3. The molecule has 0 saturated carbocycles. The van der Waals surface area contributed by atoms with Gasteiger partial charge < -0.3 is 0 Å². The fraction of sp³-hybridized carbons (Fsp3) is 0.385. The lowest BCUT2D eigenvalue weighted by Crippen LogP contribution is -2.29. The van der Waals surface area contributed by atoms with Gasteiger partial charge >= 0.3 is 0 Å². The molecule has 0 aliphatic rings. The summed E-state index contributed by atoms with van der Waals surface area (Å²) in [5.41, 5.74) is 0.914. The van der Waals surface area contributed by atoms with Gasteiger partial charge in [-0.3, -0.25) is 4.57 Å². The quantitative estimate of drug-likeness (QED) is 0.915. The van der Waals surface area contributed by atoms with Gasteiger partial charge in [0, 0.05) is 11.1 Å². The summed E-state index contributed by atoms with van der Waals surface area (Å²) in [5, 5.41) is 13.2. The summed E-state index contributed by atoms with van der Waals surface area (Å²) in [5.74, 6) is 0.375. The largest absolute Gasteiger partial charge is 0.291 e. The van der Waals surface area contributed by atoms with Gasteiger partial charge in [0.15, 0.2) is 5.82 Å². The third kappa shape index (κ3) is 2.95. The van der Waals surface area contributed by atoms with Crippen molar-refractivity contribution in [3.05, 3.63) is 28.8 Å². The van der Waals surface area contributed by atoms with E-state index < -0.39 is 15.6 Å². The van der Waals surface area contributed by atoms with Crippen LogP contribution in [0.25, 0.3) is 11.4 Å². The van der Waals surface area contributed by atoms with Crippen LogP contribution in [0, 0.1) is 6.92 Å². The van der Waals surface area contributed by atoms with Crippen LogP contribution in [0.2, 0.25) is 5.02 Å². The molecule has 1 heterocycles. The van der Waals surface area contributed by atoms with Crippen molar-refractivity contribution in [1.82, 2.24) is 14.8 Å². The molecule has 0 saturated heterocycles. The van der Waals surface area contributed by atoms with Gasteiger partial charge in [-0.15, -0.1) is 10.2 Å². The van der Waals surface area contributed by atoms with E-state index in [0.717, 1.165) is 5.56 Å². The number of rotatable bonds is 2. The van der Waals surface area contributed by atoms with E-state index in [1.807, 2.05) is 39.8 Å². The Morgan fingerprint density at radius 2 is 1.86 bits per heavy atom. The molecule has 2 aromatic rings. The third-order valence-corrected chi connectivity index (χ3v) is 4.27. The van der Waals surface area contributed by atoms with E-state index in [1.165, 1.54) is 4.57 Å². The summed E-state index contributed by atoms with van der Waals surface area (Å²) in [7, 11) is -3.98. The second-order valence-corrected chi connectivity index (χ2v) is 7.63. The Hall–Kier alpha value is -1.44. The number of nitrogens with two attached hydrogens (primary N) is 1. The molecule has 2 rings (SSSR count). The van der Waals surface area contributed by atoms with Crippen molar-refractivity contribution in [3.8, 4) is 11.4 Å². The number of nitrogens with zero attached hydrogens (tertiary/aromatic N) is 3. The van der Waals surface area contributed by atoms with Gasteiger partial charge in [0.1, 0.15) is 0 Å². The topological polar surface area (TPSA) is 90.9 Å². The van der Waals surface area contributed by atoms with Crippen molar-refractivity contribution in [2.45, 2.75) is 38.4 Å². The minimum atomic E-state index is -3.98. The zero-order chi connectivity index (χ0) is 16.0. The van der Waals surface area contributed by atoms with Crippen LogP contribution in [0.4, 0.5) is 0 Å². The van der Waals surface area contributed by atoms with Crippen molar-refractivity contribution in [1.29, 1.82) is 0 Å². The molecule has 21 heavy (non-hydrogen) atoms. The number of primary sulfonamides is 1. The van der Waals surface area contributed by atoms with Crippen LogP contribution in [-0.4, -0.2) is 23.2 Å². The minimum absolute atomic E-state index is 0.275. The molecular weight excluding hydrogens is 312 g/mol. The number of halogens is 1. The third-order valence-electron chi connectivity index (χ3n) is 2.99. The van der Waals surface area contributed by atoms with Gasteiger partial charge in [-0.1, -0.05) is 23.7 Å². The summed E-state index contributed by atoms with van der Waals surface area (Å²) in [6.07, 6.45) is 0. The van der Waals surface area contributed by atoms with Crippen LogP contribution >= 0.6 is 11.6 Å². The molecular formula is C13H17ClN4O2S. The molecule has 0 unspecified atom stereocenters. The van der Waals surface area contributed by atoms with Gasteiger partial charge in [-0.05, 0) is 39.3 Å². The summed E-state index contributed by atoms with van der Waals surface area (Å²) in [6, 6.07) is 5.47. The maximum Gasteiger partial charge on any atom is 0.273 e. The fourth-order valence-corrected chi connectivity index (χ4v) is 3.03. The molecule has 0 aliphatic carbocycles. The van der Waals surface area contributed by atoms with Gasteiger partial charge in [0.2, 0.25) is 0 Å². The van der Waals surface area contributed by atoms with Crippen molar-refractivity contribution in [2.75, 3.05) is 0 Å². The molecule has 0 fully saturated rings. The Morgan fingerprint density at radius 3 is 2.38 bits per heavy atom. The van der Waals surface area contributed by atoms with Crippen molar-refractivity contribution < 1.29 is 8.42 Å². The van der Waals surface area contributed by atoms with Crippen molar-refractivity contribution in [2.24, 2.45) is 5.14 Å². The van der Waals surface area contributed by atoms with E-state index in [4.69, 9.17) is 16.7 Å².